The number of carbonyl (C=O) groups is 3. The lowest BCUT2D eigenvalue weighted by molar-refractivity contribution is -0.384. The van der Waals surface area contributed by atoms with E-state index in [1.165, 1.54) is 38.5 Å². The third-order valence-electron chi connectivity index (χ3n) is 5.76. The SMILES string of the molecule is COc1ccc(N2C(=O)C(Cl)=C(Nc3cc(C(=O)Nc4cc([N+](=O)[O-])ccc4OC)ccc3C)C2=O)cc1. The summed E-state index contributed by atoms with van der Waals surface area (Å²) >= 11 is 6.24. The van der Waals surface area contributed by atoms with Gasteiger partial charge in [-0.15, -0.1) is 0 Å². The molecule has 0 aliphatic carbocycles. The average Bonchev–Trinajstić information content (AvgIpc) is 3.12. The zero-order chi connectivity index (χ0) is 27.6. The lowest BCUT2D eigenvalue weighted by Gasteiger charge is -2.16. The maximum absolute atomic E-state index is 13.1. The quantitative estimate of drug-likeness (QED) is 0.242. The summed E-state index contributed by atoms with van der Waals surface area (Å²) in [6, 6.07) is 14.8. The van der Waals surface area contributed by atoms with Gasteiger partial charge in [0.05, 0.1) is 30.5 Å². The smallest absolute Gasteiger partial charge is 0.283 e. The third kappa shape index (κ3) is 5.00. The number of rotatable bonds is 8. The number of carbonyl (C=O) groups excluding carboxylic acids is 3. The highest BCUT2D eigenvalue weighted by Crippen LogP contribution is 2.33. The molecule has 194 valence electrons. The predicted molar refractivity (Wildman–Crippen MR) is 141 cm³/mol. The standard InChI is InChI=1S/C26H21ClN4O7/c1-14-4-5-15(24(32)29-20-13-17(31(35)36)8-11-21(20)38-3)12-19(14)28-23-22(27)25(33)30(26(23)34)16-6-9-18(37-2)10-7-16/h4-13,28H,1-3H3,(H,29,32). The Labute approximate surface area is 221 Å². The Morgan fingerprint density at radius 1 is 0.947 bits per heavy atom. The van der Waals surface area contributed by atoms with Gasteiger partial charge in [0.15, 0.2) is 0 Å². The second kappa shape index (κ2) is 10.6. The zero-order valence-electron chi connectivity index (χ0n) is 20.4. The van der Waals surface area contributed by atoms with Crippen molar-refractivity contribution in [1.82, 2.24) is 0 Å². The van der Waals surface area contributed by atoms with Crippen molar-refractivity contribution in [3.63, 3.8) is 0 Å². The van der Waals surface area contributed by atoms with Gasteiger partial charge in [0, 0.05) is 23.4 Å². The Hall–Kier alpha value is -4.90. The highest BCUT2D eigenvalue weighted by molar-refractivity contribution is 6.53. The number of amides is 3. The van der Waals surface area contributed by atoms with Crippen molar-refractivity contribution in [2.45, 2.75) is 6.92 Å². The molecule has 3 aromatic carbocycles. The molecule has 1 aliphatic heterocycles. The number of methoxy groups -OCH3 is 2. The fraction of sp³-hybridized carbons (Fsp3) is 0.115. The lowest BCUT2D eigenvalue weighted by atomic mass is 10.1. The van der Waals surface area contributed by atoms with Gasteiger partial charge in [-0.2, -0.15) is 0 Å². The van der Waals surface area contributed by atoms with E-state index in [4.69, 9.17) is 21.1 Å². The first-order chi connectivity index (χ1) is 18.1. The number of halogens is 1. The number of hydrogen-bond acceptors (Lipinski definition) is 8. The van der Waals surface area contributed by atoms with Crippen molar-refractivity contribution in [3.8, 4) is 11.5 Å². The highest BCUT2D eigenvalue weighted by Gasteiger charge is 2.39. The minimum atomic E-state index is -0.700. The largest absolute Gasteiger partial charge is 0.497 e. The Balaban J connectivity index is 1.59. The summed E-state index contributed by atoms with van der Waals surface area (Å²) in [7, 11) is 2.87. The van der Waals surface area contributed by atoms with Crippen LogP contribution in [0.4, 0.5) is 22.7 Å². The van der Waals surface area contributed by atoms with Crippen LogP contribution in [0.2, 0.25) is 0 Å². The van der Waals surface area contributed by atoms with Crippen LogP contribution in [0.1, 0.15) is 15.9 Å². The Morgan fingerprint density at radius 3 is 2.29 bits per heavy atom. The number of nitrogens with one attached hydrogen (secondary N) is 2. The first kappa shape index (κ1) is 26.2. The van der Waals surface area contributed by atoms with Gasteiger partial charge in [-0.3, -0.25) is 24.5 Å². The fourth-order valence-corrected chi connectivity index (χ4v) is 3.92. The van der Waals surface area contributed by atoms with Crippen molar-refractivity contribution in [2.75, 3.05) is 29.8 Å². The molecule has 0 atom stereocenters. The molecule has 0 aromatic heterocycles. The number of nitro benzene ring substituents is 1. The number of imide groups is 1. The second-order valence-electron chi connectivity index (χ2n) is 8.08. The van der Waals surface area contributed by atoms with Crippen molar-refractivity contribution in [2.24, 2.45) is 0 Å². The number of ether oxygens (including phenoxy) is 2. The number of nitro groups is 1. The Kier molecular flexibility index (Phi) is 7.31. The molecule has 12 heteroatoms. The maximum Gasteiger partial charge on any atom is 0.283 e. The van der Waals surface area contributed by atoms with Crippen molar-refractivity contribution < 1.29 is 28.8 Å². The van der Waals surface area contributed by atoms with E-state index in [0.29, 0.717) is 22.7 Å². The van der Waals surface area contributed by atoms with Crippen LogP contribution in [0.15, 0.2) is 71.4 Å². The number of anilines is 3. The van der Waals surface area contributed by atoms with E-state index in [1.54, 1.807) is 43.3 Å². The molecular weight excluding hydrogens is 516 g/mol. The highest BCUT2D eigenvalue weighted by atomic mass is 35.5. The van der Waals surface area contributed by atoms with Gasteiger partial charge in [0.1, 0.15) is 22.2 Å². The van der Waals surface area contributed by atoms with E-state index in [9.17, 15) is 24.5 Å². The zero-order valence-corrected chi connectivity index (χ0v) is 21.2. The molecule has 0 fully saturated rings. The molecule has 0 unspecified atom stereocenters. The van der Waals surface area contributed by atoms with Crippen LogP contribution in [0, 0.1) is 17.0 Å². The van der Waals surface area contributed by atoms with Gasteiger partial charge in [-0.1, -0.05) is 17.7 Å². The number of nitrogens with zero attached hydrogens (tertiary/aromatic N) is 2. The summed E-state index contributed by atoms with van der Waals surface area (Å²) in [5.41, 5.74) is 1.25. The van der Waals surface area contributed by atoms with E-state index < -0.39 is 22.6 Å². The van der Waals surface area contributed by atoms with Crippen molar-refractivity contribution in [1.29, 1.82) is 0 Å². The van der Waals surface area contributed by atoms with Gasteiger partial charge in [0.25, 0.3) is 23.4 Å². The summed E-state index contributed by atoms with van der Waals surface area (Å²) in [4.78, 5) is 50.4. The van der Waals surface area contributed by atoms with Crippen molar-refractivity contribution >= 4 is 52.1 Å². The van der Waals surface area contributed by atoms with Crippen LogP contribution in [0.3, 0.4) is 0 Å². The molecule has 0 bridgehead atoms. The summed E-state index contributed by atoms with van der Waals surface area (Å²) in [6.07, 6.45) is 0. The third-order valence-corrected chi connectivity index (χ3v) is 6.11. The molecule has 0 spiro atoms. The van der Waals surface area contributed by atoms with Crippen LogP contribution in [-0.2, 0) is 9.59 Å². The maximum atomic E-state index is 13.1. The normalized spacial score (nSPS) is 13.0. The van der Waals surface area contributed by atoms with Gasteiger partial charge in [0.2, 0.25) is 0 Å². The molecule has 1 heterocycles. The molecule has 0 saturated heterocycles. The fourth-order valence-electron chi connectivity index (χ4n) is 3.71. The minimum absolute atomic E-state index is 0.110. The summed E-state index contributed by atoms with van der Waals surface area (Å²) in [5, 5.41) is 16.3. The molecule has 0 radical (unpaired) electrons. The Bertz CT molecular complexity index is 1500. The Morgan fingerprint density at radius 2 is 1.66 bits per heavy atom. The molecule has 3 aromatic rings. The average molecular weight is 537 g/mol. The number of aryl methyl sites for hydroxylation is 1. The lowest BCUT2D eigenvalue weighted by Crippen LogP contribution is -2.32. The van der Waals surface area contributed by atoms with Gasteiger partial charge in [-0.25, -0.2) is 4.90 Å². The summed E-state index contributed by atoms with van der Waals surface area (Å²) < 4.78 is 10.3. The second-order valence-corrected chi connectivity index (χ2v) is 8.46. The van der Waals surface area contributed by atoms with Gasteiger partial charge < -0.3 is 20.1 Å². The van der Waals surface area contributed by atoms with Crippen LogP contribution in [0.25, 0.3) is 0 Å². The summed E-state index contributed by atoms with van der Waals surface area (Å²) in [6.45, 7) is 1.74. The number of hydrogen-bond donors (Lipinski definition) is 2. The minimum Gasteiger partial charge on any atom is -0.497 e. The van der Waals surface area contributed by atoms with Gasteiger partial charge in [-0.05, 0) is 55.0 Å². The van der Waals surface area contributed by atoms with Crippen molar-refractivity contribution in [3.05, 3.63) is 92.6 Å². The van der Waals surface area contributed by atoms with E-state index >= 15 is 0 Å². The van der Waals surface area contributed by atoms with E-state index in [1.807, 2.05) is 0 Å². The summed E-state index contributed by atoms with van der Waals surface area (Å²) in [5.74, 6) is -1.16. The molecule has 3 amide bonds. The monoisotopic (exact) mass is 536 g/mol. The van der Waals surface area contributed by atoms with Crippen LogP contribution < -0.4 is 25.0 Å². The molecular formula is C26H21ClN4O7. The molecule has 2 N–H and O–H groups in total. The molecule has 11 nitrogen and oxygen atoms in total. The first-order valence-electron chi connectivity index (χ1n) is 11.1. The first-order valence-corrected chi connectivity index (χ1v) is 11.5. The predicted octanol–water partition coefficient (Wildman–Crippen LogP) is 4.61. The van der Waals surface area contributed by atoms with Gasteiger partial charge >= 0.3 is 0 Å². The molecule has 0 saturated carbocycles. The van der Waals surface area contributed by atoms with E-state index in [-0.39, 0.29) is 33.4 Å². The van der Waals surface area contributed by atoms with E-state index in [2.05, 4.69) is 10.6 Å². The van der Waals surface area contributed by atoms with E-state index in [0.717, 1.165) is 4.90 Å². The topological polar surface area (TPSA) is 140 Å². The number of non-ortho nitro benzene ring substituents is 1. The van der Waals surface area contributed by atoms with Crippen LogP contribution in [0.5, 0.6) is 11.5 Å². The van der Waals surface area contributed by atoms with Crippen LogP contribution in [-0.4, -0.2) is 36.9 Å². The molecule has 1 aliphatic rings. The molecule has 38 heavy (non-hydrogen) atoms. The molecule has 4 rings (SSSR count). The number of benzene rings is 3. The van der Waals surface area contributed by atoms with Crippen LogP contribution >= 0.6 is 11.6 Å².